The fraction of sp³-hybridized carbons (Fsp3) is 0.400. The number of nitrogens with one attached hydrogen (secondary N) is 1. The number of aliphatic hydroxyl groups excluding tert-OH is 1. The molecule has 0 aliphatic rings. The third-order valence-electron chi connectivity index (χ3n) is 3.13. The lowest BCUT2D eigenvalue weighted by atomic mass is 10.1. The van der Waals surface area contributed by atoms with Gasteiger partial charge >= 0.3 is 0 Å². The molecule has 0 fully saturated rings. The van der Waals surface area contributed by atoms with E-state index < -0.39 is 6.10 Å². The van der Waals surface area contributed by atoms with Gasteiger partial charge in [0.15, 0.2) is 0 Å². The molecule has 0 bridgehead atoms. The van der Waals surface area contributed by atoms with E-state index in [9.17, 15) is 9.90 Å². The molecule has 5 nitrogen and oxygen atoms in total. The SMILES string of the molecule is Cc1nc(-c2ccccn2)sc1C(=O)NCC(O)C(C)C. The van der Waals surface area contributed by atoms with Gasteiger partial charge in [-0.2, -0.15) is 0 Å². The fourth-order valence-electron chi connectivity index (χ4n) is 1.72. The maximum atomic E-state index is 12.2. The third-order valence-corrected chi connectivity index (χ3v) is 4.31. The van der Waals surface area contributed by atoms with Gasteiger partial charge in [0.25, 0.3) is 5.91 Å². The largest absolute Gasteiger partial charge is 0.391 e. The normalized spacial score (nSPS) is 12.4. The molecule has 0 aliphatic heterocycles. The summed E-state index contributed by atoms with van der Waals surface area (Å²) < 4.78 is 0. The minimum absolute atomic E-state index is 0.108. The molecule has 1 unspecified atom stereocenters. The topological polar surface area (TPSA) is 75.1 Å². The molecule has 1 atom stereocenters. The number of aromatic nitrogens is 2. The lowest BCUT2D eigenvalue weighted by molar-refractivity contribution is 0.0874. The predicted molar refractivity (Wildman–Crippen MR) is 83.3 cm³/mol. The molecule has 1 amide bonds. The Morgan fingerprint density at radius 3 is 2.81 bits per heavy atom. The van der Waals surface area contributed by atoms with Crippen LogP contribution in [0.4, 0.5) is 0 Å². The second-order valence-corrected chi connectivity index (χ2v) is 6.17. The van der Waals surface area contributed by atoms with Crippen LogP contribution in [0.2, 0.25) is 0 Å². The number of aliphatic hydroxyl groups is 1. The summed E-state index contributed by atoms with van der Waals surface area (Å²) in [5.74, 6) is -0.0937. The van der Waals surface area contributed by atoms with Gasteiger partial charge in [-0.1, -0.05) is 19.9 Å². The first-order valence-electron chi connectivity index (χ1n) is 6.84. The van der Waals surface area contributed by atoms with Crippen LogP contribution in [0, 0.1) is 12.8 Å². The first kappa shape index (κ1) is 15.6. The van der Waals surface area contributed by atoms with Crippen LogP contribution in [-0.4, -0.2) is 33.6 Å². The van der Waals surface area contributed by atoms with Crippen LogP contribution >= 0.6 is 11.3 Å². The molecule has 21 heavy (non-hydrogen) atoms. The van der Waals surface area contributed by atoms with Crippen molar-refractivity contribution in [3.05, 3.63) is 35.0 Å². The van der Waals surface area contributed by atoms with E-state index in [1.807, 2.05) is 32.0 Å². The second-order valence-electron chi connectivity index (χ2n) is 5.17. The van der Waals surface area contributed by atoms with E-state index in [1.54, 1.807) is 13.1 Å². The van der Waals surface area contributed by atoms with Crippen molar-refractivity contribution in [1.82, 2.24) is 15.3 Å². The zero-order valence-electron chi connectivity index (χ0n) is 12.3. The Hall–Kier alpha value is -1.79. The molecule has 0 aromatic carbocycles. The number of nitrogens with zero attached hydrogens (tertiary/aromatic N) is 2. The molecule has 2 N–H and O–H groups in total. The van der Waals surface area contributed by atoms with Gasteiger partial charge < -0.3 is 10.4 Å². The number of carbonyl (C=O) groups excluding carboxylic acids is 1. The Labute approximate surface area is 128 Å². The van der Waals surface area contributed by atoms with Crippen molar-refractivity contribution in [3.8, 4) is 10.7 Å². The lowest BCUT2D eigenvalue weighted by Gasteiger charge is -2.14. The van der Waals surface area contributed by atoms with Crippen LogP contribution in [0.3, 0.4) is 0 Å². The van der Waals surface area contributed by atoms with E-state index in [4.69, 9.17) is 0 Å². The molecular formula is C15H19N3O2S. The number of rotatable bonds is 5. The van der Waals surface area contributed by atoms with Crippen molar-refractivity contribution in [2.45, 2.75) is 26.9 Å². The standard InChI is InChI=1S/C15H19N3O2S/c1-9(2)12(19)8-17-14(20)13-10(3)18-15(21-13)11-6-4-5-7-16-11/h4-7,9,12,19H,8H2,1-3H3,(H,17,20). The minimum atomic E-state index is -0.544. The van der Waals surface area contributed by atoms with Gasteiger partial charge in [-0.3, -0.25) is 9.78 Å². The average Bonchev–Trinajstić information content (AvgIpc) is 2.87. The second kappa shape index (κ2) is 6.78. The molecule has 2 aromatic rings. The van der Waals surface area contributed by atoms with Crippen molar-refractivity contribution in [3.63, 3.8) is 0 Å². The average molecular weight is 305 g/mol. The highest BCUT2D eigenvalue weighted by molar-refractivity contribution is 7.17. The quantitative estimate of drug-likeness (QED) is 0.888. The van der Waals surface area contributed by atoms with Crippen molar-refractivity contribution in [2.75, 3.05) is 6.54 Å². The maximum absolute atomic E-state index is 12.2. The van der Waals surface area contributed by atoms with Crippen molar-refractivity contribution < 1.29 is 9.90 Å². The molecule has 0 radical (unpaired) electrons. The molecule has 6 heteroatoms. The summed E-state index contributed by atoms with van der Waals surface area (Å²) in [6.45, 7) is 5.87. The minimum Gasteiger partial charge on any atom is -0.391 e. The molecule has 2 aromatic heterocycles. The molecule has 0 saturated carbocycles. The summed E-state index contributed by atoms with van der Waals surface area (Å²) in [7, 11) is 0. The summed E-state index contributed by atoms with van der Waals surface area (Å²) in [5, 5.41) is 13.2. The van der Waals surface area contributed by atoms with Gasteiger partial charge in [-0.25, -0.2) is 4.98 Å². The first-order valence-corrected chi connectivity index (χ1v) is 7.65. The van der Waals surface area contributed by atoms with Gasteiger partial charge in [0.1, 0.15) is 9.88 Å². The Kier molecular flexibility index (Phi) is 5.03. The number of hydrogen-bond donors (Lipinski definition) is 2. The van der Waals surface area contributed by atoms with Crippen molar-refractivity contribution in [1.29, 1.82) is 0 Å². The van der Waals surface area contributed by atoms with Gasteiger partial charge in [0, 0.05) is 12.7 Å². The van der Waals surface area contributed by atoms with Crippen molar-refractivity contribution in [2.24, 2.45) is 5.92 Å². The molecule has 2 rings (SSSR count). The van der Waals surface area contributed by atoms with E-state index in [1.165, 1.54) is 11.3 Å². The predicted octanol–water partition coefficient (Wildman–Crippen LogP) is 2.26. The van der Waals surface area contributed by atoms with E-state index >= 15 is 0 Å². The van der Waals surface area contributed by atoms with Gasteiger partial charge in [0.2, 0.25) is 0 Å². The summed E-state index contributed by atoms with van der Waals surface area (Å²) in [6.07, 6.45) is 1.16. The van der Waals surface area contributed by atoms with Crippen LogP contribution in [0.15, 0.2) is 24.4 Å². The molecule has 0 spiro atoms. The van der Waals surface area contributed by atoms with Crippen LogP contribution < -0.4 is 5.32 Å². The number of thiazole rings is 1. The Bertz CT molecular complexity index is 611. The number of amides is 1. The first-order chi connectivity index (χ1) is 9.99. The van der Waals surface area contributed by atoms with Crippen molar-refractivity contribution >= 4 is 17.2 Å². The van der Waals surface area contributed by atoms with Crippen LogP contribution in [0.1, 0.15) is 29.2 Å². The van der Waals surface area contributed by atoms with Gasteiger partial charge in [0.05, 0.1) is 17.5 Å². The highest BCUT2D eigenvalue weighted by atomic mass is 32.1. The van der Waals surface area contributed by atoms with Crippen LogP contribution in [-0.2, 0) is 0 Å². The Morgan fingerprint density at radius 2 is 2.19 bits per heavy atom. The number of aryl methyl sites for hydroxylation is 1. The molecule has 112 valence electrons. The lowest BCUT2D eigenvalue weighted by Crippen LogP contribution is -2.34. The van der Waals surface area contributed by atoms with Crippen LogP contribution in [0.5, 0.6) is 0 Å². The van der Waals surface area contributed by atoms with Gasteiger partial charge in [-0.15, -0.1) is 11.3 Å². The van der Waals surface area contributed by atoms with Gasteiger partial charge in [-0.05, 0) is 25.0 Å². The number of carbonyl (C=O) groups is 1. The number of pyridine rings is 1. The number of hydrogen-bond acceptors (Lipinski definition) is 5. The molecule has 0 saturated heterocycles. The fourth-order valence-corrected chi connectivity index (χ4v) is 2.68. The monoisotopic (exact) mass is 305 g/mol. The van der Waals surface area contributed by atoms with E-state index in [0.717, 1.165) is 10.7 Å². The maximum Gasteiger partial charge on any atom is 0.263 e. The summed E-state index contributed by atoms with van der Waals surface area (Å²) in [4.78, 5) is 21.4. The molecule has 0 aliphatic carbocycles. The summed E-state index contributed by atoms with van der Waals surface area (Å²) in [6, 6.07) is 5.59. The zero-order chi connectivity index (χ0) is 15.4. The third kappa shape index (κ3) is 3.86. The smallest absolute Gasteiger partial charge is 0.263 e. The molecular weight excluding hydrogens is 286 g/mol. The summed E-state index contributed by atoms with van der Waals surface area (Å²) >= 11 is 1.31. The highest BCUT2D eigenvalue weighted by Crippen LogP contribution is 2.26. The van der Waals surface area contributed by atoms with E-state index in [0.29, 0.717) is 10.6 Å². The summed E-state index contributed by atoms with van der Waals surface area (Å²) in [5.41, 5.74) is 1.43. The Balaban J connectivity index is 2.10. The Morgan fingerprint density at radius 1 is 1.43 bits per heavy atom. The van der Waals surface area contributed by atoms with Crippen LogP contribution in [0.25, 0.3) is 10.7 Å². The zero-order valence-corrected chi connectivity index (χ0v) is 13.1. The van der Waals surface area contributed by atoms with E-state index in [-0.39, 0.29) is 18.4 Å². The molecule has 2 heterocycles. The van der Waals surface area contributed by atoms with E-state index in [2.05, 4.69) is 15.3 Å². The highest BCUT2D eigenvalue weighted by Gasteiger charge is 2.18.